The van der Waals surface area contributed by atoms with Crippen LogP contribution in [-0.4, -0.2) is 20.6 Å². The third kappa shape index (κ3) is 3.51. The van der Waals surface area contributed by atoms with Gasteiger partial charge in [-0.25, -0.2) is 8.42 Å². The van der Waals surface area contributed by atoms with E-state index in [0.29, 0.717) is 11.4 Å². The van der Waals surface area contributed by atoms with Crippen LogP contribution < -0.4 is 16.2 Å². The molecule has 2 aromatic carbocycles. The van der Waals surface area contributed by atoms with Gasteiger partial charge >= 0.3 is 0 Å². The van der Waals surface area contributed by atoms with Gasteiger partial charge in [-0.15, -0.1) is 0 Å². The zero-order chi connectivity index (χ0) is 15.6. The first-order valence-corrected chi connectivity index (χ1v) is 7.84. The van der Waals surface area contributed by atoms with Crippen molar-refractivity contribution in [3.8, 4) is 11.5 Å². The number of hydrogen-bond donors (Lipinski definition) is 2. The van der Waals surface area contributed by atoms with Crippen molar-refractivity contribution in [1.29, 1.82) is 0 Å². The number of sulfone groups is 1. The monoisotopic (exact) mass is 306 g/mol. The minimum Gasteiger partial charge on any atom is -0.457 e. The quantitative estimate of drug-likeness (QED) is 0.832. The van der Waals surface area contributed by atoms with Gasteiger partial charge in [0.05, 0.1) is 10.5 Å². The Bertz CT molecular complexity index is 783. The number of anilines is 1. The van der Waals surface area contributed by atoms with Crippen molar-refractivity contribution in [2.75, 3.05) is 12.0 Å². The van der Waals surface area contributed by atoms with Crippen molar-refractivity contribution in [2.45, 2.75) is 4.90 Å². The summed E-state index contributed by atoms with van der Waals surface area (Å²) < 4.78 is 28.3. The maximum Gasteiger partial charge on any atom is 0.252 e. The molecule has 0 atom stereocenters. The van der Waals surface area contributed by atoms with Crippen LogP contribution in [0.25, 0.3) is 0 Å². The molecule has 0 bridgehead atoms. The fourth-order valence-corrected chi connectivity index (χ4v) is 2.34. The van der Waals surface area contributed by atoms with E-state index in [2.05, 4.69) is 0 Å². The second-order valence-corrected chi connectivity index (χ2v) is 6.48. The lowest BCUT2D eigenvalue weighted by Crippen LogP contribution is -2.12. The smallest absolute Gasteiger partial charge is 0.252 e. The molecule has 0 radical (unpaired) electrons. The van der Waals surface area contributed by atoms with Crippen molar-refractivity contribution in [1.82, 2.24) is 0 Å². The van der Waals surface area contributed by atoms with E-state index in [9.17, 15) is 13.2 Å². The summed E-state index contributed by atoms with van der Waals surface area (Å²) in [6.45, 7) is 0. The first kappa shape index (κ1) is 14.9. The zero-order valence-electron chi connectivity index (χ0n) is 11.2. The van der Waals surface area contributed by atoms with Crippen LogP contribution in [0.5, 0.6) is 11.5 Å². The summed E-state index contributed by atoms with van der Waals surface area (Å²) in [5, 5.41) is 0. The number of nitrogens with two attached hydrogens (primary N) is 2. The van der Waals surface area contributed by atoms with Gasteiger partial charge in [0.25, 0.3) is 5.91 Å². The third-order valence-corrected chi connectivity index (χ3v) is 3.88. The minimum atomic E-state index is -3.27. The molecule has 0 saturated heterocycles. The molecule has 6 nitrogen and oxygen atoms in total. The molecule has 0 aliphatic carbocycles. The van der Waals surface area contributed by atoms with Crippen LogP contribution in [-0.2, 0) is 9.84 Å². The predicted molar refractivity (Wildman–Crippen MR) is 79.0 cm³/mol. The summed E-state index contributed by atoms with van der Waals surface area (Å²) in [6, 6.07) is 10.4. The highest BCUT2D eigenvalue weighted by Crippen LogP contribution is 2.27. The Morgan fingerprint density at radius 1 is 1.10 bits per heavy atom. The van der Waals surface area contributed by atoms with Gasteiger partial charge in [-0.1, -0.05) is 0 Å². The summed E-state index contributed by atoms with van der Waals surface area (Å²) in [5.41, 5.74) is 11.4. The topological polar surface area (TPSA) is 112 Å². The van der Waals surface area contributed by atoms with Crippen LogP contribution in [0.2, 0.25) is 0 Å². The van der Waals surface area contributed by atoms with E-state index >= 15 is 0 Å². The van der Waals surface area contributed by atoms with Crippen LogP contribution in [0.3, 0.4) is 0 Å². The Morgan fingerprint density at radius 3 is 2.24 bits per heavy atom. The van der Waals surface area contributed by atoms with Crippen LogP contribution in [0.15, 0.2) is 47.4 Å². The highest BCUT2D eigenvalue weighted by Gasteiger charge is 2.12. The van der Waals surface area contributed by atoms with Crippen molar-refractivity contribution in [2.24, 2.45) is 5.73 Å². The minimum absolute atomic E-state index is 0.155. The number of carbonyl (C=O) groups excluding carboxylic acids is 1. The van der Waals surface area contributed by atoms with Crippen LogP contribution in [0.4, 0.5) is 5.69 Å². The molecule has 0 aliphatic rings. The summed E-state index contributed by atoms with van der Waals surface area (Å²) in [6.07, 6.45) is 1.12. The highest BCUT2D eigenvalue weighted by atomic mass is 32.2. The van der Waals surface area contributed by atoms with Gasteiger partial charge in [0.2, 0.25) is 0 Å². The van der Waals surface area contributed by atoms with Gasteiger partial charge in [-0.2, -0.15) is 0 Å². The lowest BCUT2D eigenvalue weighted by atomic mass is 10.1. The maximum atomic E-state index is 11.4. The lowest BCUT2D eigenvalue weighted by molar-refractivity contribution is 0.0998. The van der Waals surface area contributed by atoms with E-state index in [-0.39, 0.29) is 16.2 Å². The van der Waals surface area contributed by atoms with E-state index in [1.165, 1.54) is 36.4 Å². The van der Waals surface area contributed by atoms with Gasteiger partial charge in [-0.3, -0.25) is 4.79 Å². The number of amides is 1. The number of nitrogen functional groups attached to an aromatic ring is 1. The highest BCUT2D eigenvalue weighted by molar-refractivity contribution is 7.90. The zero-order valence-corrected chi connectivity index (χ0v) is 12.1. The number of primary amides is 1. The molecule has 1 amide bonds. The standard InChI is InChI=1S/C14H14N2O4S/c1-21(18,19)11-5-3-10(4-6-11)20-13-7-2-9(15)8-12(13)14(16)17/h2-8H,15H2,1H3,(H2,16,17). The molecule has 0 unspecified atom stereocenters. The molecular weight excluding hydrogens is 292 g/mol. The summed E-state index contributed by atoms with van der Waals surface area (Å²) in [5.74, 6) is -0.0245. The van der Waals surface area contributed by atoms with E-state index in [0.717, 1.165) is 6.26 Å². The number of benzene rings is 2. The fourth-order valence-electron chi connectivity index (χ4n) is 1.71. The number of carbonyl (C=O) groups is 1. The molecular formula is C14H14N2O4S. The Morgan fingerprint density at radius 2 is 1.71 bits per heavy atom. The molecule has 0 spiro atoms. The van der Waals surface area contributed by atoms with Gasteiger partial charge in [0, 0.05) is 11.9 Å². The Hall–Kier alpha value is -2.54. The fraction of sp³-hybridized carbons (Fsp3) is 0.0714. The van der Waals surface area contributed by atoms with Crippen LogP contribution >= 0.6 is 0 Å². The Labute approximate surface area is 122 Å². The maximum absolute atomic E-state index is 11.4. The molecule has 0 heterocycles. The van der Waals surface area contributed by atoms with Gasteiger partial charge in [0.15, 0.2) is 9.84 Å². The van der Waals surface area contributed by atoms with E-state index in [4.69, 9.17) is 16.2 Å². The molecule has 110 valence electrons. The van der Waals surface area contributed by atoms with Crippen molar-refractivity contribution in [3.05, 3.63) is 48.0 Å². The lowest BCUT2D eigenvalue weighted by Gasteiger charge is -2.10. The molecule has 21 heavy (non-hydrogen) atoms. The van der Waals surface area contributed by atoms with Crippen LogP contribution in [0.1, 0.15) is 10.4 Å². The average Bonchev–Trinajstić information content (AvgIpc) is 2.40. The molecule has 0 aromatic heterocycles. The predicted octanol–water partition coefficient (Wildman–Crippen LogP) is 1.56. The normalized spacial score (nSPS) is 11.1. The third-order valence-electron chi connectivity index (χ3n) is 2.75. The molecule has 4 N–H and O–H groups in total. The second-order valence-electron chi connectivity index (χ2n) is 4.47. The average molecular weight is 306 g/mol. The molecule has 2 aromatic rings. The number of hydrogen-bond acceptors (Lipinski definition) is 5. The van der Waals surface area contributed by atoms with Gasteiger partial charge in [0.1, 0.15) is 11.5 Å². The largest absolute Gasteiger partial charge is 0.457 e. The van der Waals surface area contributed by atoms with E-state index < -0.39 is 15.7 Å². The molecule has 2 rings (SSSR count). The second kappa shape index (κ2) is 5.45. The number of ether oxygens (including phenoxy) is 1. The van der Waals surface area contributed by atoms with E-state index in [1.807, 2.05) is 0 Å². The molecule has 0 aliphatic heterocycles. The van der Waals surface area contributed by atoms with Gasteiger partial charge < -0.3 is 16.2 Å². The number of rotatable bonds is 4. The van der Waals surface area contributed by atoms with Crippen molar-refractivity contribution >= 4 is 21.4 Å². The summed E-state index contributed by atoms with van der Waals surface area (Å²) in [7, 11) is -3.27. The molecule has 0 fully saturated rings. The summed E-state index contributed by atoms with van der Waals surface area (Å²) in [4.78, 5) is 11.5. The Kier molecular flexibility index (Phi) is 3.86. The summed E-state index contributed by atoms with van der Waals surface area (Å²) >= 11 is 0. The Balaban J connectivity index is 2.33. The van der Waals surface area contributed by atoms with Gasteiger partial charge in [-0.05, 0) is 42.5 Å². The van der Waals surface area contributed by atoms with Crippen molar-refractivity contribution in [3.63, 3.8) is 0 Å². The van der Waals surface area contributed by atoms with E-state index in [1.54, 1.807) is 6.07 Å². The first-order chi connectivity index (χ1) is 9.77. The molecule has 7 heteroatoms. The van der Waals surface area contributed by atoms with Crippen molar-refractivity contribution < 1.29 is 17.9 Å². The first-order valence-electron chi connectivity index (χ1n) is 5.94. The molecule has 0 saturated carbocycles. The SMILES string of the molecule is CS(=O)(=O)c1ccc(Oc2ccc(N)cc2C(N)=O)cc1. The van der Waals surface area contributed by atoms with Crippen LogP contribution in [0, 0.1) is 0 Å².